The van der Waals surface area contributed by atoms with Gasteiger partial charge in [0.2, 0.25) is 0 Å². The average molecular weight is 616 g/mol. The first-order valence-corrected chi connectivity index (χ1v) is 14.3. The summed E-state index contributed by atoms with van der Waals surface area (Å²) in [6, 6.07) is 21.1. The molecule has 0 aliphatic rings. The molecule has 3 heterocycles. The first kappa shape index (κ1) is 29.9. The standard InChI is InChI=1S/C34H29N7O5/c1-20(42)45-26-11-12-28-27(17-26)31(37-25-10-13-29-23(16-25)19-36-41(29)33(44)46-34(2,3)4)40-30(39-28)21-7-5-9-24(15-21)38-32(43)22-8-6-14-35-18-22/h5-19H,1-4H3,(H,38,43)(H,37,39,40). The van der Waals surface area contributed by atoms with Gasteiger partial charge < -0.3 is 20.1 Å². The van der Waals surface area contributed by atoms with Gasteiger partial charge in [0.1, 0.15) is 17.2 Å². The van der Waals surface area contributed by atoms with Crippen molar-refractivity contribution in [3.05, 3.63) is 97.0 Å². The van der Waals surface area contributed by atoms with Crippen LogP contribution in [0.1, 0.15) is 38.1 Å². The number of benzene rings is 3. The third-order valence-corrected chi connectivity index (χ3v) is 6.63. The number of hydrogen-bond donors (Lipinski definition) is 2. The molecular formula is C34H29N7O5. The van der Waals surface area contributed by atoms with Gasteiger partial charge in [0, 0.05) is 47.0 Å². The maximum Gasteiger partial charge on any atom is 0.435 e. The van der Waals surface area contributed by atoms with Gasteiger partial charge in [-0.3, -0.25) is 14.6 Å². The van der Waals surface area contributed by atoms with Crippen molar-refractivity contribution in [3.63, 3.8) is 0 Å². The number of nitrogens with zero attached hydrogens (tertiary/aromatic N) is 5. The Morgan fingerprint density at radius 3 is 2.48 bits per heavy atom. The zero-order valence-corrected chi connectivity index (χ0v) is 25.4. The van der Waals surface area contributed by atoms with Crippen molar-refractivity contribution in [3.8, 4) is 17.1 Å². The number of aromatic nitrogens is 5. The number of carbonyl (C=O) groups is 3. The van der Waals surface area contributed by atoms with Crippen LogP contribution in [0.2, 0.25) is 0 Å². The molecule has 6 rings (SSSR count). The highest BCUT2D eigenvalue weighted by Crippen LogP contribution is 2.32. The molecule has 0 saturated heterocycles. The van der Waals surface area contributed by atoms with Crippen LogP contribution >= 0.6 is 0 Å². The SMILES string of the molecule is CC(=O)Oc1ccc2nc(-c3cccc(NC(=O)c4cccnc4)c3)nc(Nc3ccc4c(cnn4C(=O)OC(C)(C)C)c3)c2c1. The molecule has 6 aromatic rings. The van der Waals surface area contributed by atoms with Crippen molar-refractivity contribution in [1.82, 2.24) is 24.7 Å². The van der Waals surface area contributed by atoms with Crippen LogP contribution in [0.25, 0.3) is 33.2 Å². The van der Waals surface area contributed by atoms with Crippen LogP contribution < -0.4 is 15.4 Å². The number of esters is 1. The maximum atomic E-state index is 12.7. The largest absolute Gasteiger partial charge is 0.442 e. The fourth-order valence-electron chi connectivity index (χ4n) is 4.70. The minimum absolute atomic E-state index is 0.296. The highest BCUT2D eigenvalue weighted by Gasteiger charge is 2.20. The monoisotopic (exact) mass is 615 g/mol. The quantitative estimate of drug-likeness (QED) is 0.152. The lowest BCUT2D eigenvalue weighted by Crippen LogP contribution is -2.27. The van der Waals surface area contributed by atoms with Gasteiger partial charge in [-0.15, -0.1) is 0 Å². The number of fused-ring (bicyclic) bond motifs is 2. The second-order valence-electron chi connectivity index (χ2n) is 11.4. The molecule has 12 heteroatoms. The molecule has 3 aromatic heterocycles. The van der Waals surface area contributed by atoms with E-state index < -0.39 is 17.7 Å². The summed E-state index contributed by atoms with van der Waals surface area (Å²) in [7, 11) is 0. The van der Waals surface area contributed by atoms with Gasteiger partial charge in [0.25, 0.3) is 5.91 Å². The molecule has 3 aromatic carbocycles. The number of anilines is 3. The lowest BCUT2D eigenvalue weighted by molar-refractivity contribution is -0.131. The Morgan fingerprint density at radius 1 is 0.870 bits per heavy atom. The summed E-state index contributed by atoms with van der Waals surface area (Å²) in [6.07, 6.45) is 4.10. The minimum atomic E-state index is -0.669. The van der Waals surface area contributed by atoms with E-state index in [1.54, 1.807) is 93.8 Å². The molecule has 230 valence electrons. The molecular weight excluding hydrogens is 586 g/mol. The smallest absolute Gasteiger partial charge is 0.435 e. The van der Waals surface area contributed by atoms with E-state index in [-0.39, 0.29) is 5.91 Å². The van der Waals surface area contributed by atoms with E-state index in [4.69, 9.17) is 19.4 Å². The maximum absolute atomic E-state index is 12.7. The van der Waals surface area contributed by atoms with E-state index in [0.717, 1.165) is 0 Å². The first-order chi connectivity index (χ1) is 22.0. The summed E-state index contributed by atoms with van der Waals surface area (Å²) in [5, 5.41) is 11.8. The highest BCUT2D eigenvalue weighted by atomic mass is 16.6. The van der Waals surface area contributed by atoms with Crippen molar-refractivity contribution < 1.29 is 23.9 Å². The Bertz CT molecular complexity index is 2120. The van der Waals surface area contributed by atoms with Gasteiger partial charge in [-0.2, -0.15) is 9.78 Å². The third-order valence-electron chi connectivity index (χ3n) is 6.63. The Labute approximate surface area is 263 Å². The molecule has 0 atom stereocenters. The van der Waals surface area contributed by atoms with Crippen molar-refractivity contribution in [2.45, 2.75) is 33.3 Å². The van der Waals surface area contributed by atoms with E-state index in [1.807, 2.05) is 12.1 Å². The van der Waals surface area contributed by atoms with Crippen LogP contribution in [0.15, 0.2) is 91.4 Å². The van der Waals surface area contributed by atoms with Crippen LogP contribution in [0, 0.1) is 0 Å². The molecule has 1 amide bonds. The molecule has 2 N–H and O–H groups in total. The van der Waals surface area contributed by atoms with Gasteiger partial charge >= 0.3 is 12.1 Å². The van der Waals surface area contributed by atoms with E-state index in [0.29, 0.717) is 61.7 Å². The second-order valence-corrected chi connectivity index (χ2v) is 11.4. The summed E-state index contributed by atoms with van der Waals surface area (Å²) < 4.78 is 12.0. The molecule has 46 heavy (non-hydrogen) atoms. The van der Waals surface area contributed by atoms with Gasteiger partial charge in [-0.05, 0) is 81.4 Å². The lowest BCUT2D eigenvalue weighted by Gasteiger charge is -2.19. The van der Waals surface area contributed by atoms with Crippen molar-refractivity contribution in [2.24, 2.45) is 0 Å². The number of carbonyl (C=O) groups excluding carboxylic acids is 3. The molecule has 12 nitrogen and oxygen atoms in total. The van der Waals surface area contributed by atoms with Crippen molar-refractivity contribution in [1.29, 1.82) is 0 Å². The number of hydrogen-bond acceptors (Lipinski definition) is 10. The summed E-state index contributed by atoms with van der Waals surface area (Å²) in [6.45, 7) is 6.71. The number of rotatable bonds is 6. The fourth-order valence-corrected chi connectivity index (χ4v) is 4.70. The van der Waals surface area contributed by atoms with Crippen LogP contribution in [0.5, 0.6) is 5.75 Å². The normalized spacial score (nSPS) is 11.3. The molecule has 0 radical (unpaired) electrons. The predicted molar refractivity (Wildman–Crippen MR) is 173 cm³/mol. The Balaban J connectivity index is 1.37. The molecule has 0 bridgehead atoms. The van der Waals surface area contributed by atoms with Crippen LogP contribution in [0.3, 0.4) is 0 Å². The van der Waals surface area contributed by atoms with Crippen LogP contribution in [-0.2, 0) is 9.53 Å². The second kappa shape index (κ2) is 12.1. The van der Waals surface area contributed by atoms with Crippen LogP contribution in [-0.4, -0.2) is 48.3 Å². The summed E-state index contributed by atoms with van der Waals surface area (Å²) >= 11 is 0. The van der Waals surface area contributed by atoms with Gasteiger partial charge in [0.05, 0.1) is 22.8 Å². The van der Waals surface area contributed by atoms with Crippen LogP contribution in [0.4, 0.5) is 22.0 Å². The zero-order chi connectivity index (χ0) is 32.4. The minimum Gasteiger partial charge on any atom is -0.442 e. The Morgan fingerprint density at radius 2 is 1.72 bits per heavy atom. The lowest BCUT2D eigenvalue weighted by atomic mass is 10.1. The first-order valence-electron chi connectivity index (χ1n) is 14.3. The molecule has 0 fully saturated rings. The zero-order valence-electron chi connectivity index (χ0n) is 25.4. The average Bonchev–Trinajstić information content (AvgIpc) is 3.44. The van der Waals surface area contributed by atoms with E-state index in [9.17, 15) is 14.4 Å². The molecule has 0 spiro atoms. The Hall–Kier alpha value is -6.17. The van der Waals surface area contributed by atoms with E-state index in [1.165, 1.54) is 17.8 Å². The van der Waals surface area contributed by atoms with Gasteiger partial charge in [-0.25, -0.2) is 14.8 Å². The summed E-state index contributed by atoms with van der Waals surface area (Å²) in [5.41, 5.74) is 2.81. The number of pyridine rings is 1. The Kier molecular flexibility index (Phi) is 7.85. The number of ether oxygens (including phenoxy) is 2. The topological polar surface area (TPSA) is 150 Å². The van der Waals surface area contributed by atoms with Crippen molar-refractivity contribution in [2.75, 3.05) is 10.6 Å². The molecule has 0 unspecified atom stereocenters. The number of amides is 1. The van der Waals surface area contributed by atoms with E-state index >= 15 is 0 Å². The molecule has 0 aliphatic carbocycles. The summed E-state index contributed by atoms with van der Waals surface area (Å²) in [5.74, 6) is 0.428. The van der Waals surface area contributed by atoms with E-state index in [2.05, 4.69) is 20.7 Å². The number of nitrogens with one attached hydrogen (secondary N) is 2. The highest BCUT2D eigenvalue weighted by molar-refractivity contribution is 6.04. The fraction of sp³-hybridized carbons (Fsp3) is 0.147. The van der Waals surface area contributed by atoms with Gasteiger partial charge in [-0.1, -0.05) is 12.1 Å². The predicted octanol–water partition coefficient (Wildman–Crippen LogP) is 6.75. The van der Waals surface area contributed by atoms with Crippen molar-refractivity contribution >= 4 is 57.0 Å². The molecule has 0 aliphatic heterocycles. The summed E-state index contributed by atoms with van der Waals surface area (Å²) in [4.78, 5) is 50.7. The van der Waals surface area contributed by atoms with Gasteiger partial charge in [0.15, 0.2) is 5.82 Å². The molecule has 0 saturated carbocycles. The third kappa shape index (κ3) is 6.65.